The van der Waals surface area contributed by atoms with Gasteiger partial charge < -0.3 is 46.1 Å². The minimum absolute atomic E-state index is 0. The van der Waals surface area contributed by atoms with Crippen LogP contribution in [0.2, 0.25) is 0 Å². The van der Waals surface area contributed by atoms with E-state index in [9.17, 15) is 43.8 Å². The molecule has 0 fully saturated rings. The summed E-state index contributed by atoms with van der Waals surface area (Å²) in [6.45, 7) is 0.753. The van der Waals surface area contributed by atoms with Gasteiger partial charge in [0, 0.05) is 52.2 Å². The number of imidazole rings is 1. The van der Waals surface area contributed by atoms with Crippen LogP contribution in [0, 0.1) is 0 Å². The molecule has 0 bridgehead atoms. The summed E-state index contributed by atoms with van der Waals surface area (Å²) in [6, 6.07) is -3.80. The summed E-state index contributed by atoms with van der Waals surface area (Å²) >= 11 is 0. The molecule has 1 heterocycles. The summed E-state index contributed by atoms with van der Waals surface area (Å²) in [5.41, 5.74) is 0. The molecule has 1 rings (SSSR count). The van der Waals surface area contributed by atoms with Gasteiger partial charge in [-0.15, -0.1) is 0 Å². The molecule has 19 heteroatoms. The van der Waals surface area contributed by atoms with Crippen LogP contribution >= 0.6 is 0 Å². The average molecular weight is 885 g/mol. The Morgan fingerprint density at radius 2 is 1.28 bits per heavy atom. The minimum Gasteiger partial charge on any atom is -0.481 e. The molecule has 3 amide bonds. The van der Waals surface area contributed by atoms with Gasteiger partial charge in [0.05, 0.1) is 13.1 Å². The Kier molecular flexibility index (Phi) is 24.6. The van der Waals surface area contributed by atoms with Gasteiger partial charge in [-0.2, -0.15) is 0 Å². The first-order valence-corrected chi connectivity index (χ1v) is 16.5. The first-order chi connectivity index (χ1) is 23.3. The zero-order valence-electron chi connectivity index (χ0n) is 28.1. The molecule has 18 nitrogen and oxygen atoms in total. The number of carbonyl (C=O) groups is 7. The number of hydrogen-bond acceptors (Lipinski definition) is 9. The fourth-order valence-electron chi connectivity index (χ4n) is 5.00. The standard InChI is InChI=1S/C31H50N6O12.Re/c38-25(33-15-9-8-11-22(29(45)46)34-31(49)35-23(30(47)48)13-14-26(39)40)12-7-5-3-1-2-4-6-10-17-36(20-27(41)42)19-24-32-16-18-37(24)21-28(43)44;/h16,18,22-23H,1-15,17,19-21H2,(H,33,38)(H,39,40)(H,41,42)(H,43,44)(H,45,46)(H,47,48)(H2,34,35,49);/t22-,23-;/m0./s1. The molecular formula is C31H50N6O12Re. The Hall–Kier alpha value is -4.08. The molecule has 0 saturated heterocycles. The maximum absolute atomic E-state index is 12.1. The summed E-state index contributed by atoms with van der Waals surface area (Å²) in [7, 11) is 0. The van der Waals surface area contributed by atoms with Gasteiger partial charge in [-0.1, -0.05) is 38.5 Å². The Balaban J connectivity index is 0.0000240. The van der Waals surface area contributed by atoms with Crippen LogP contribution in [0.5, 0.6) is 0 Å². The van der Waals surface area contributed by atoms with Crippen LogP contribution in [0.3, 0.4) is 0 Å². The first-order valence-electron chi connectivity index (χ1n) is 16.5. The second-order valence-electron chi connectivity index (χ2n) is 11.7. The number of aliphatic carboxylic acids is 5. The fourth-order valence-corrected chi connectivity index (χ4v) is 5.00. The topological polar surface area (TPSA) is 278 Å². The minimum atomic E-state index is -1.48. The molecule has 0 aliphatic carbocycles. The van der Waals surface area contributed by atoms with Crippen molar-refractivity contribution in [3.63, 3.8) is 0 Å². The van der Waals surface area contributed by atoms with E-state index in [0.717, 1.165) is 51.4 Å². The molecule has 0 spiro atoms. The van der Waals surface area contributed by atoms with E-state index >= 15 is 0 Å². The fraction of sp³-hybridized carbons (Fsp3) is 0.677. The van der Waals surface area contributed by atoms with Gasteiger partial charge >= 0.3 is 35.9 Å². The molecule has 283 valence electrons. The maximum Gasteiger partial charge on any atom is 0.326 e. The number of amides is 3. The number of aromatic nitrogens is 2. The number of nitrogens with zero attached hydrogens (tertiary/aromatic N) is 3. The molecule has 0 aliphatic heterocycles. The van der Waals surface area contributed by atoms with Crippen LogP contribution in [0.1, 0.15) is 95.7 Å². The normalized spacial score (nSPS) is 11.9. The molecule has 50 heavy (non-hydrogen) atoms. The van der Waals surface area contributed by atoms with E-state index in [1.807, 2.05) is 0 Å². The van der Waals surface area contributed by atoms with Crippen molar-refractivity contribution in [3.8, 4) is 0 Å². The predicted molar refractivity (Wildman–Crippen MR) is 173 cm³/mol. The Morgan fingerprint density at radius 3 is 1.84 bits per heavy atom. The molecule has 1 aromatic heterocycles. The zero-order valence-corrected chi connectivity index (χ0v) is 30.8. The van der Waals surface area contributed by atoms with Crippen molar-refractivity contribution in [2.45, 2.75) is 115 Å². The van der Waals surface area contributed by atoms with Gasteiger partial charge in [-0.25, -0.2) is 19.4 Å². The average Bonchev–Trinajstić information content (AvgIpc) is 3.43. The van der Waals surface area contributed by atoms with Crippen LogP contribution in [0.4, 0.5) is 4.79 Å². The van der Waals surface area contributed by atoms with Crippen molar-refractivity contribution in [1.29, 1.82) is 0 Å². The van der Waals surface area contributed by atoms with Crippen LogP contribution in [0.15, 0.2) is 12.4 Å². The largest absolute Gasteiger partial charge is 0.481 e. The van der Waals surface area contributed by atoms with Crippen LogP contribution < -0.4 is 16.0 Å². The third-order valence-electron chi connectivity index (χ3n) is 7.55. The Labute approximate surface area is 304 Å². The van der Waals surface area contributed by atoms with Crippen molar-refractivity contribution in [2.24, 2.45) is 0 Å². The number of carbonyl (C=O) groups excluding carboxylic acids is 2. The van der Waals surface area contributed by atoms with E-state index < -0.39 is 54.4 Å². The second kappa shape index (κ2) is 26.7. The van der Waals surface area contributed by atoms with Crippen molar-refractivity contribution in [3.05, 3.63) is 18.2 Å². The van der Waals surface area contributed by atoms with Gasteiger partial charge in [0.15, 0.2) is 0 Å². The van der Waals surface area contributed by atoms with E-state index in [4.69, 9.17) is 15.3 Å². The van der Waals surface area contributed by atoms with Gasteiger partial charge in [0.1, 0.15) is 24.5 Å². The predicted octanol–water partition coefficient (Wildman–Crippen LogP) is 1.72. The summed E-state index contributed by atoms with van der Waals surface area (Å²) in [6.07, 6.45) is 10.9. The van der Waals surface area contributed by atoms with Gasteiger partial charge in [-0.05, 0) is 45.1 Å². The van der Waals surface area contributed by atoms with E-state index in [2.05, 4.69) is 20.9 Å². The third kappa shape index (κ3) is 22.5. The maximum atomic E-state index is 12.1. The number of unbranched alkanes of at least 4 members (excludes halogenated alkanes) is 8. The molecule has 0 aromatic carbocycles. The van der Waals surface area contributed by atoms with E-state index in [-0.39, 0.29) is 58.8 Å². The number of rotatable bonds is 29. The SMILES string of the molecule is O=C(O)CC[C@H](NC(=O)N[C@@H](CCCCNC(=O)CCCCCCCCCCN(CC(=O)O)Cc1nccn1CC(=O)O)C(=O)O)C(=O)O.[Re]. The number of carboxylic acid groups (broad SMARTS) is 5. The quantitative estimate of drug-likeness (QED) is 0.0533. The molecule has 2 atom stereocenters. The molecule has 0 aliphatic rings. The number of nitrogens with one attached hydrogen (secondary N) is 3. The smallest absolute Gasteiger partial charge is 0.326 e. The summed E-state index contributed by atoms with van der Waals surface area (Å²) in [5, 5.41) is 52.5. The molecular weight excluding hydrogens is 835 g/mol. The van der Waals surface area contributed by atoms with Crippen LogP contribution in [-0.4, -0.2) is 113 Å². The zero-order chi connectivity index (χ0) is 36.6. The van der Waals surface area contributed by atoms with E-state index in [1.165, 1.54) is 10.8 Å². The van der Waals surface area contributed by atoms with Crippen LogP contribution in [-0.2, 0) is 62.3 Å². The van der Waals surface area contributed by atoms with Gasteiger partial charge in [-0.3, -0.25) is 24.1 Å². The molecule has 1 aromatic rings. The Bertz CT molecular complexity index is 1230. The van der Waals surface area contributed by atoms with Crippen molar-refractivity contribution >= 4 is 41.8 Å². The molecule has 0 saturated carbocycles. The van der Waals surface area contributed by atoms with Gasteiger partial charge in [0.25, 0.3) is 0 Å². The Morgan fingerprint density at radius 1 is 0.700 bits per heavy atom. The number of carboxylic acids is 5. The molecule has 0 unspecified atom stereocenters. The number of urea groups is 1. The number of hydrogen-bond donors (Lipinski definition) is 8. The second-order valence-corrected chi connectivity index (χ2v) is 11.7. The summed E-state index contributed by atoms with van der Waals surface area (Å²) in [4.78, 5) is 85.7. The third-order valence-corrected chi connectivity index (χ3v) is 7.55. The van der Waals surface area contributed by atoms with E-state index in [0.29, 0.717) is 38.2 Å². The van der Waals surface area contributed by atoms with Crippen molar-refractivity contribution in [2.75, 3.05) is 19.6 Å². The van der Waals surface area contributed by atoms with Crippen LogP contribution in [0.25, 0.3) is 0 Å². The van der Waals surface area contributed by atoms with Crippen molar-refractivity contribution < 1.29 is 79.5 Å². The van der Waals surface area contributed by atoms with Gasteiger partial charge in [0.2, 0.25) is 5.91 Å². The first kappa shape index (κ1) is 45.9. The summed E-state index contributed by atoms with van der Waals surface area (Å²) in [5.74, 6) is -5.54. The molecule has 1 radical (unpaired) electrons. The van der Waals surface area contributed by atoms with Crippen molar-refractivity contribution in [1.82, 2.24) is 30.4 Å². The summed E-state index contributed by atoms with van der Waals surface area (Å²) < 4.78 is 1.49. The molecule has 8 N–H and O–H groups in total. The monoisotopic (exact) mass is 885 g/mol. The van der Waals surface area contributed by atoms with E-state index in [1.54, 1.807) is 11.1 Å².